The number of anilines is 1. The van der Waals surface area contributed by atoms with Crippen LogP contribution in [0.1, 0.15) is 0 Å². The lowest BCUT2D eigenvalue weighted by atomic mass is 10.2. The first-order chi connectivity index (χ1) is 8.20. The van der Waals surface area contributed by atoms with Gasteiger partial charge in [-0.2, -0.15) is 0 Å². The smallest absolute Gasteiger partial charge is 0.318 e. The Labute approximate surface area is 105 Å². The molecule has 0 saturated carbocycles. The Hall–Kier alpha value is -1.36. The molecule has 1 N–H and O–H groups in total. The van der Waals surface area contributed by atoms with Crippen LogP contribution < -0.4 is 9.64 Å². The highest BCUT2D eigenvalue weighted by Crippen LogP contribution is 2.26. The fourth-order valence-corrected chi connectivity index (χ4v) is 2.88. The van der Waals surface area contributed by atoms with E-state index in [9.17, 15) is 4.79 Å². The summed E-state index contributed by atoms with van der Waals surface area (Å²) in [5, 5.41) is 8.69. The minimum atomic E-state index is -0.734. The molecule has 0 aliphatic carbocycles. The van der Waals surface area contributed by atoms with E-state index in [1.807, 2.05) is 24.3 Å². The molecule has 2 rings (SSSR count). The number of thioether (sulfide) groups is 1. The molecule has 0 spiro atoms. The van der Waals surface area contributed by atoms with E-state index < -0.39 is 5.97 Å². The lowest BCUT2D eigenvalue weighted by Gasteiger charge is -2.32. The number of carboxylic acid groups (broad SMARTS) is 1. The van der Waals surface area contributed by atoms with Gasteiger partial charge >= 0.3 is 5.97 Å². The van der Waals surface area contributed by atoms with Crippen molar-refractivity contribution in [2.24, 2.45) is 0 Å². The largest absolute Gasteiger partial charge is 0.497 e. The van der Waals surface area contributed by atoms with Gasteiger partial charge < -0.3 is 14.7 Å². The first kappa shape index (κ1) is 12.1. The van der Waals surface area contributed by atoms with Crippen LogP contribution in [0, 0.1) is 0 Å². The van der Waals surface area contributed by atoms with E-state index in [0.29, 0.717) is 6.54 Å². The SMILES string of the molecule is COc1cccc(N2CCSC(C(=O)O)C2)c1. The van der Waals surface area contributed by atoms with E-state index in [2.05, 4.69) is 4.90 Å². The highest BCUT2D eigenvalue weighted by molar-refractivity contribution is 8.00. The number of ether oxygens (including phenoxy) is 1. The second-order valence-corrected chi connectivity index (χ2v) is 5.16. The van der Waals surface area contributed by atoms with Gasteiger partial charge in [-0.05, 0) is 12.1 Å². The molecule has 4 nitrogen and oxygen atoms in total. The maximum absolute atomic E-state index is 11.0. The number of hydrogen-bond acceptors (Lipinski definition) is 4. The summed E-state index contributed by atoms with van der Waals surface area (Å²) in [5.41, 5.74) is 1.02. The molecule has 1 unspecified atom stereocenters. The summed E-state index contributed by atoms with van der Waals surface area (Å²) in [6.07, 6.45) is 0. The normalized spacial score (nSPS) is 20.1. The Balaban J connectivity index is 2.13. The first-order valence-corrected chi connectivity index (χ1v) is 6.49. The number of aliphatic carboxylic acids is 1. The molecule has 1 saturated heterocycles. The molecule has 1 fully saturated rings. The minimum absolute atomic E-state index is 0.338. The third kappa shape index (κ3) is 2.85. The summed E-state index contributed by atoms with van der Waals surface area (Å²) in [5.74, 6) is 0.906. The Kier molecular flexibility index (Phi) is 3.78. The van der Waals surface area contributed by atoms with Crippen molar-refractivity contribution in [3.8, 4) is 5.75 Å². The van der Waals surface area contributed by atoms with Gasteiger partial charge in [-0.25, -0.2) is 0 Å². The fourth-order valence-electron chi connectivity index (χ4n) is 1.84. The zero-order valence-corrected chi connectivity index (χ0v) is 10.4. The van der Waals surface area contributed by atoms with E-state index >= 15 is 0 Å². The fraction of sp³-hybridized carbons (Fsp3) is 0.417. The van der Waals surface area contributed by atoms with Gasteiger partial charge in [0.1, 0.15) is 11.0 Å². The molecule has 1 aliphatic rings. The topological polar surface area (TPSA) is 49.8 Å². The zero-order chi connectivity index (χ0) is 12.3. The van der Waals surface area contributed by atoms with Crippen LogP contribution in [0.4, 0.5) is 5.69 Å². The van der Waals surface area contributed by atoms with E-state index in [1.165, 1.54) is 11.8 Å². The van der Waals surface area contributed by atoms with Gasteiger partial charge in [-0.15, -0.1) is 11.8 Å². The van der Waals surface area contributed by atoms with E-state index in [0.717, 1.165) is 23.7 Å². The molecule has 17 heavy (non-hydrogen) atoms. The molecule has 1 aliphatic heterocycles. The van der Waals surface area contributed by atoms with E-state index in [4.69, 9.17) is 9.84 Å². The van der Waals surface area contributed by atoms with E-state index in [1.54, 1.807) is 7.11 Å². The van der Waals surface area contributed by atoms with Gasteiger partial charge in [-0.1, -0.05) is 6.07 Å². The average Bonchev–Trinajstić information content (AvgIpc) is 2.39. The third-order valence-electron chi connectivity index (χ3n) is 2.76. The van der Waals surface area contributed by atoms with Crippen LogP contribution in [0.2, 0.25) is 0 Å². The lowest BCUT2D eigenvalue weighted by molar-refractivity contribution is -0.136. The van der Waals surface area contributed by atoms with Gasteiger partial charge in [0.25, 0.3) is 0 Å². The predicted octanol–water partition coefficient (Wildman–Crippen LogP) is 1.70. The molecule has 1 heterocycles. The number of hydrogen-bond donors (Lipinski definition) is 1. The Morgan fingerprint density at radius 1 is 1.59 bits per heavy atom. The van der Waals surface area contributed by atoms with Crippen molar-refractivity contribution < 1.29 is 14.6 Å². The van der Waals surface area contributed by atoms with Crippen LogP contribution in [0.15, 0.2) is 24.3 Å². The number of carbonyl (C=O) groups is 1. The number of nitrogens with zero attached hydrogens (tertiary/aromatic N) is 1. The predicted molar refractivity (Wildman–Crippen MR) is 69.1 cm³/mol. The van der Waals surface area contributed by atoms with Crippen molar-refractivity contribution in [3.05, 3.63) is 24.3 Å². The minimum Gasteiger partial charge on any atom is -0.497 e. The summed E-state index contributed by atoms with van der Waals surface area (Å²) in [6.45, 7) is 1.43. The van der Waals surface area contributed by atoms with Crippen molar-refractivity contribution in [2.75, 3.05) is 30.9 Å². The zero-order valence-electron chi connectivity index (χ0n) is 9.63. The Morgan fingerprint density at radius 3 is 3.12 bits per heavy atom. The van der Waals surface area contributed by atoms with Crippen molar-refractivity contribution in [2.45, 2.75) is 5.25 Å². The summed E-state index contributed by atoms with van der Waals surface area (Å²) < 4.78 is 5.17. The maximum atomic E-state index is 11.0. The van der Waals surface area contributed by atoms with Crippen LogP contribution in [0.25, 0.3) is 0 Å². The second-order valence-electron chi connectivity index (χ2n) is 3.85. The van der Waals surface area contributed by atoms with Crippen molar-refractivity contribution >= 4 is 23.4 Å². The van der Waals surface area contributed by atoms with Crippen molar-refractivity contribution in [1.29, 1.82) is 0 Å². The first-order valence-electron chi connectivity index (χ1n) is 5.44. The lowest BCUT2D eigenvalue weighted by Crippen LogP contribution is -2.41. The molecule has 92 valence electrons. The van der Waals surface area contributed by atoms with Gasteiger partial charge in [0.2, 0.25) is 0 Å². The summed E-state index contributed by atoms with van der Waals surface area (Å²) in [4.78, 5) is 13.1. The molecule has 0 amide bonds. The van der Waals surface area contributed by atoms with Crippen LogP contribution in [-0.4, -0.2) is 42.3 Å². The average molecular weight is 253 g/mol. The van der Waals surface area contributed by atoms with Gasteiger partial charge in [0.05, 0.1) is 7.11 Å². The van der Waals surface area contributed by atoms with Crippen molar-refractivity contribution in [3.63, 3.8) is 0 Å². The molecule has 1 atom stereocenters. The van der Waals surface area contributed by atoms with Gasteiger partial charge in [0, 0.05) is 30.6 Å². The molecule has 0 radical (unpaired) electrons. The Morgan fingerprint density at radius 2 is 2.41 bits per heavy atom. The van der Waals surface area contributed by atoms with Gasteiger partial charge in [-0.3, -0.25) is 4.79 Å². The van der Waals surface area contributed by atoms with Crippen LogP contribution in [0.5, 0.6) is 5.75 Å². The molecule has 1 aromatic carbocycles. The quantitative estimate of drug-likeness (QED) is 0.888. The molecular formula is C12H15NO3S. The third-order valence-corrected chi connectivity index (χ3v) is 3.93. The number of benzene rings is 1. The highest BCUT2D eigenvalue weighted by Gasteiger charge is 2.26. The maximum Gasteiger partial charge on any atom is 0.318 e. The molecular weight excluding hydrogens is 238 g/mol. The summed E-state index contributed by atoms with van der Waals surface area (Å²) >= 11 is 1.51. The highest BCUT2D eigenvalue weighted by atomic mass is 32.2. The monoisotopic (exact) mass is 253 g/mol. The Bertz CT molecular complexity index is 410. The summed E-state index contributed by atoms with van der Waals surface area (Å²) in [7, 11) is 1.63. The molecule has 1 aromatic rings. The molecule has 5 heteroatoms. The van der Waals surface area contributed by atoms with E-state index in [-0.39, 0.29) is 5.25 Å². The van der Waals surface area contributed by atoms with Crippen LogP contribution in [0.3, 0.4) is 0 Å². The van der Waals surface area contributed by atoms with Crippen LogP contribution in [-0.2, 0) is 4.79 Å². The standard InChI is InChI=1S/C12H15NO3S/c1-16-10-4-2-3-9(7-10)13-5-6-17-11(8-13)12(14)15/h2-4,7,11H,5-6,8H2,1H3,(H,14,15). The van der Waals surface area contributed by atoms with Gasteiger partial charge in [0.15, 0.2) is 0 Å². The van der Waals surface area contributed by atoms with Crippen LogP contribution >= 0.6 is 11.8 Å². The number of rotatable bonds is 3. The second kappa shape index (κ2) is 5.31. The number of carboxylic acids is 1. The summed E-state index contributed by atoms with van der Waals surface area (Å²) in [6, 6.07) is 7.73. The molecule has 0 aromatic heterocycles. The van der Waals surface area contributed by atoms with Crippen molar-refractivity contribution in [1.82, 2.24) is 0 Å². The number of methoxy groups -OCH3 is 1. The molecule has 0 bridgehead atoms.